The Morgan fingerprint density at radius 1 is 1.23 bits per heavy atom. The summed E-state index contributed by atoms with van der Waals surface area (Å²) in [7, 11) is 0. The molecule has 0 aliphatic carbocycles. The summed E-state index contributed by atoms with van der Waals surface area (Å²) < 4.78 is 0. The number of phenolic OH excluding ortho intramolecular Hbond substituents is 1. The molecule has 0 bridgehead atoms. The lowest BCUT2D eigenvalue weighted by Crippen LogP contribution is -1.89. The van der Waals surface area contributed by atoms with Crippen LogP contribution in [0.2, 0.25) is 5.15 Å². The van der Waals surface area contributed by atoms with Crippen molar-refractivity contribution in [1.82, 2.24) is 10.2 Å². The second-order valence-electron chi connectivity index (χ2n) is 2.81. The van der Waals surface area contributed by atoms with E-state index < -0.39 is 0 Å². The number of aryl methyl sites for hydroxylation is 1. The molecule has 0 aliphatic rings. The minimum absolute atomic E-state index is 0.182. The third kappa shape index (κ3) is 1.31. The summed E-state index contributed by atoms with van der Waals surface area (Å²) in [6.45, 7) is 1.85. The third-order valence-electron chi connectivity index (χ3n) is 1.90. The van der Waals surface area contributed by atoms with Gasteiger partial charge in [0.25, 0.3) is 0 Å². The monoisotopic (exact) mass is 194 g/mol. The molecule has 1 heterocycles. The first-order chi connectivity index (χ1) is 6.18. The molecule has 0 saturated heterocycles. The van der Waals surface area contributed by atoms with Crippen LogP contribution in [0, 0.1) is 6.92 Å². The molecule has 0 aliphatic heterocycles. The fourth-order valence-electron chi connectivity index (χ4n) is 1.25. The Morgan fingerprint density at radius 3 is 2.77 bits per heavy atom. The van der Waals surface area contributed by atoms with Crippen LogP contribution in [0.1, 0.15) is 5.69 Å². The maximum atomic E-state index is 9.24. The first kappa shape index (κ1) is 8.26. The van der Waals surface area contributed by atoms with Gasteiger partial charge in [0.2, 0.25) is 0 Å². The van der Waals surface area contributed by atoms with Gasteiger partial charge < -0.3 is 5.11 Å². The van der Waals surface area contributed by atoms with E-state index in [1.807, 2.05) is 6.92 Å². The fraction of sp³-hybridized carbons (Fsp3) is 0.111. The van der Waals surface area contributed by atoms with Gasteiger partial charge in [-0.3, -0.25) is 0 Å². The Labute approximate surface area is 80.0 Å². The van der Waals surface area contributed by atoms with Gasteiger partial charge in [0.1, 0.15) is 5.75 Å². The van der Waals surface area contributed by atoms with Gasteiger partial charge in [0.15, 0.2) is 5.15 Å². The minimum atomic E-state index is 0.182. The van der Waals surface area contributed by atoms with E-state index in [1.165, 1.54) is 0 Å². The van der Waals surface area contributed by atoms with E-state index in [1.54, 1.807) is 18.2 Å². The first-order valence-corrected chi connectivity index (χ1v) is 4.18. The van der Waals surface area contributed by atoms with E-state index in [9.17, 15) is 5.11 Å². The molecule has 1 aromatic heterocycles. The molecule has 1 N–H and O–H groups in total. The Balaban J connectivity index is 2.92. The summed E-state index contributed by atoms with van der Waals surface area (Å²) in [6.07, 6.45) is 0. The highest BCUT2D eigenvalue weighted by Crippen LogP contribution is 2.25. The highest BCUT2D eigenvalue weighted by atomic mass is 35.5. The van der Waals surface area contributed by atoms with E-state index >= 15 is 0 Å². The van der Waals surface area contributed by atoms with Crippen LogP contribution in [0.3, 0.4) is 0 Å². The molecule has 2 aromatic rings. The van der Waals surface area contributed by atoms with Crippen molar-refractivity contribution in [3.8, 4) is 5.75 Å². The van der Waals surface area contributed by atoms with Crippen LogP contribution in [0.5, 0.6) is 5.75 Å². The lowest BCUT2D eigenvalue weighted by atomic mass is 10.1. The Kier molecular flexibility index (Phi) is 1.81. The second kappa shape index (κ2) is 2.85. The molecule has 0 atom stereocenters. The standard InChI is InChI=1S/C9H7ClN2O/c1-5-7-3-2-6(13)4-8(7)9(10)12-11-5/h2-4,13H,1H3. The molecule has 0 fully saturated rings. The smallest absolute Gasteiger partial charge is 0.159 e. The molecule has 3 nitrogen and oxygen atoms in total. The van der Waals surface area contributed by atoms with Crippen molar-refractivity contribution in [2.24, 2.45) is 0 Å². The molecule has 1 aromatic carbocycles. The number of aromatic hydroxyl groups is 1. The van der Waals surface area contributed by atoms with E-state index in [0.717, 1.165) is 16.5 Å². The molecular formula is C9H7ClN2O. The molecular weight excluding hydrogens is 188 g/mol. The highest BCUT2D eigenvalue weighted by Gasteiger charge is 2.04. The predicted molar refractivity (Wildman–Crippen MR) is 50.9 cm³/mol. The Hall–Kier alpha value is -1.35. The summed E-state index contributed by atoms with van der Waals surface area (Å²) in [5, 5.41) is 18.8. The first-order valence-electron chi connectivity index (χ1n) is 3.80. The SMILES string of the molecule is Cc1nnc(Cl)c2cc(O)ccc12. The zero-order valence-electron chi connectivity index (χ0n) is 6.95. The van der Waals surface area contributed by atoms with Crippen LogP contribution < -0.4 is 0 Å². The van der Waals surface area contributed by atoms with Gasteiger partial charge in [-0.2, -0.15) is 5.10 Å². The molecule has 0 radical (unpaired) electrons. The van der Waals surface area contributed by atoms with Gasteiger partial charge in [0, 0.05) is 10.8 Å². The number of phenols is 1. The van der Waals surface area contributed by atoms with Gasteiger partial charge in [-0.15, -0.1) is 5.10 Å². The number of halogens is 1. The van der Waals surface area contributed by atoms with E-state index in [-0.39, 0.29) is 5.75 Å². The van der Waals surface area contributed by atoms with Crippen LogP contribution in [0.4, 0.5) is 0 Å². The van der Waals surface area contributed by atoms with Gasteiger partial charge in [0.05, 0.1) is 5.69 Å². The molecule has 0 saturated carbocycles. The molecule has 4 heteroatoms. The minimum Gasteiger partial charge on any atom is -0.508 e. The second-order valence-corrected chi connectivity index (χ2v) is 3.16. The average Bonchev–Trinajstić information content (AvgIpc) is 2.12. The Bertz CT molecular complexity index is 470. The zero-order valence-corrected chi connectivity index (χ0v) is 7.71. The van der Waals surface area contributed by atoms with Crippen LogP contribution in [-0.2, 0) is 0 Å². The van der Waals surface area contributed by atoms with Crippen molar-refractivity contribution >= 4 is 22.4 Å². The predicted octanol–water partition coefficient (Wildman–Crippen LogP) is 2.30. The molecule has 0 unspecified atom stereocenters. The van der Waals surface area contributed by atoms with E-state index in [0.29, 0.717) is 5.15 Å². The summed E-state index contributed by atoms with van der Waals surface area (Å²) in [4.78, 5) is 0. The Morgan fingerprint density at radius 2 is 2.00 bits per heavy atom. The lowest BCUT2D eigenvalue weighted by Gasteiger charge is -2.01. The number of nitrogens with zero attached hydrogens (tertiary/aromatic N) is 2. The van der Waals surface area contributed by atoms with Crippen LogP contribution in [-0.4, -0.2) is 15.3 Å². The number of fused-ring (bicyclic) bond motifs is 1. The fourth-order valence-corrected chi connectivity index (χ4v) is 1.44. The number of aromatic nitrogens is 2. The van der Waals surface area contributed by atoms with E-state index in [4.69, 9.17) is 11.6 Å². The topological polar surface area (TPSA) is 46.0 Å². The molecule has 0 spiro atoms. The maximum absolute atomic E-state index is 9.24. The lowest BCUT2D eigenvalue weighted by molar-refractivity contribution is 0.476. The van der Waals surface area contributed by atoms with Crippen molar-refractivity contribution in [1.29, 1.82) is 0 Å². The summed E-state index contributed by atoms with van der Waals surface area (Å²) in [5.74, 6) is 0.182. The number of rotatable bonds is 0. The molecule has 13 heavy (non-hydrogen) atoms. The molecule has 2 rings (SSSR count). The van der Waals surface area contributed by atoms with Crippen LogP contribution >= 0.6 is 11.6 Å². The number of benzene rings is 1. The van der Waals surface area contributed by atoms with Crippen molar-refractivity contribution in [2.75, 3.05) is 0 Å². The van der Waals surface area contributed by atoms with Crippen LogP contribution in [0.15, 0.2) is 18.2 Å². The zero-order chi connectivity index (χ0) is 9.42. The maximum Gasteiger partial charge on any atom is 0.159 e. The van der Waals surface area contributed by atoms with Crippen molar-refractivity contribution < 1.29 is 5.11 Å². The van der Waals surface area contributed by atoms with Crippen molar-refractivity contribution in [2.45, 2.75) is 6.92 Å². The van der Waals surface area contributed by atoms with Gasteiger partial charge in [-0.25, -0.2) is 0 Å². The third-order valence-corrected chi connectivity index (χ3v) is 2.18. The highest BCUT2D eigenvalue weighted by molar-refractivity contribution is 6.34. The van der Waals surface area contributed by atoms with Crippen LogP contribution in [0.25, 0.3) is 10.8 Å². The molecule has 0 amide bonds. The van der Waals surface area contributed by atoms with Crippen molar-refractivity contribution in [3.05, 3.63) is 29.0 Å². The summed E-state index contributed by atoms with van der Waals surface area (Å²) in [5.41, 5.74) is 0.805. The van der Waals surface area contributed by atoms with Gasteiger partial charge in [-0.05, 0) is 25.1 Å². The summed E-state index contributed by atoms with van der Waals surface area (Å²) >= 11 is 5.82. The van der Waals surface area contributed by atoms with Gasteiger partial charge >= 0.3 is 0 Å². The number of hydrogen-bond donors (Lipinski definition) is 1. The average molecular weight is 195 g/mol. The van der Waals surface area contributed by atoms with Gasteiger partial charge in [-0.1, -0.05) is 11.6 Å². The summed E-state index contributed by atoms with van der Waals surface area (Å²) in [6, 6.07) is 4.97. The largest absolute Gasteiger partial charge is 0.508 e. The quantitative estimate of drug-likeness (QED) is 0.700. The van der Waals surface area contributed by atoms with E-state index in [2.05, 4.69) is 10.2 Å². The van der Waals surface area contributed by atoms with Crippen molar-refractivity contribution in [3.63, 3.8) is 0 Å². The molecule has 66 valence electrons. The normalized spacial score (nSPS) is 10.6. The number of hydrogen-bond acceptors (Lipinski definition) is 3.